The van der Waals surface area contributed by atoms with Crippen LogP contribution in [0.25, 0.3) is 0 Å². The van der Waals surface area contributed by atoms with Crippen LogP contribution >= 0.6 is 15.4 Å². The predicted octanol–water partition coefficient (Wildman–Crippen LogP) is 11.2. The Bertz CT molecular complexity index is 3600. The van der Waals surface area contributed by atoms with Crippen molar-refractivity contribution in [3.05, 3.63) is 72.6 Å². The van der Waals surface area contributed by atoms with E-state index in [4.69, 9.17) is 56.0 Å². The molecule has 0 fully saturated rings. The molecule has 6 heterocycles. The molecule has 90 heavy (non-hydrogen) atoms. The molecule has 6 aromatic rings. The summed E-state index contributed by atoms with van der Waals surface area (Å²) >= 11 is 0. The first-order chi connectivity index (χ1) is 41.1. The topological polar surface area (TPSA) is 331 Å². The Morgan fingerprint density at radius 3 is 1.22 bits per heavy atom. The minimum absolute atomic E-state index is 0. The van der Waals surface area contributed by atoms with Crippen LogP contribution in [0.2, 0.25) is 0 Å². The summed E-state index contributed by atoms with van der Waals surface area (Å²) in [6, 6.07) is 12.6. The summed E-state index contributed by atoms with van der Waals surface area (Å²) in [5.74, 6) is -0.0252. The number of pyridine rings is 2. The predicted molar refractivity (Wildman–Crippen MR) is 326 cm³/mol. The normalized spacial score (nSPS) is 14.6. The number of nitrogens with zero attached hydrogens (tertiary/aromatic N) is 8. The molecule has 2 aromatic carbocycles. The number of phosphoric acid groups is 1. The van der Waals surface area contributed by atoms with E-state index >= 15 is 0 Å². The molecule has 1 atom stereocenters. The van der Waals surface area contributed by atoms with Gasteiger partial charge in [-0.15, -0.1) is 0 Å². The molecule has 2 aliphatic heterocycles. The number of nitrogens with one attached hydrogen (secondary N) is 4. The van der Waals surface area contributed by atoms with Crippen molar-refractivity contribution in [2.24, 2.45) is 0 Å². The standard InChI is InChI=1S/C31H42FN6O9P.C24H28FN6O8P.CH4.V/c1-29(2,3)46-48(40,47-30(4,5)6)44-17-38-26-20(45-31(7,8)27(38)39)12-13-23(36-26)35-25-19(32)16-33-28(37-25)34-18-14-21(41-9)24(43-11)22(15-18)42-10;1-24(2)22(32)31(12-38-40(6,33)34)21-15(39-24)7-8-18(29-21)28-20-14(25)11-26-23(30-20)27-13-9-16(35-3)19(37-5)17(10-13)36-4;;/h12-16H,17H2,1-11H3,(H2,33,34,35,36,37);7-11H,12H2,1-6H3,(H,33,34)(H2,26,27,28,29,30);1H4;. The summed E-state index contributed by atoms with van der Waals surface area (Å²) in [5, 5.41) is 11.5. The van der Waals surface area contributed by atoms with Gasteiger partial charge >= 0.3 is 15.4 Å². The number of anilines is 10. The Hall–Kier alpha value is -7.86. The van der Waals surface area contributed by atoms with E-state index in [9.17, 15) is 32.4 Å². The maximum Gasteiger partial charge on any atom is 0.477 e. The molecular formula is C56H74F2N12O17P2V. The summed E-state index contributed by atoms with van der Waals surface area (Å²) < 4.78 is 121. The van der Waals surface area contributed by atoms with Crippen LogP contribution in [0, 0.1) is 11.6 Å². The smallest absolute Gasteiger partial charge is 0.477 e. The molecule has 4 aromatic heterocycles. The summed E-state index contributed by atoms with van der Waals surface area (Å²) in [6.07, 6.45) is 1.94. The monoisotopic (exact) mass is 1340 g/mol. The third-order valence-electron chi connectivity index (χ3n) is 11.8. The molecule has 0 saturated carbocycles. The van der Waals surface area contributed by atoms with E-state index in [1.165, 1.54) is 60.9 Å². The van der Waals surface area contributed by atoms with E-state index < -0.39 is 74.7 Å². The summed E-state index contributed by atoms with van der Waals surface area (Å²) in [7, 11) is 0.754. The number of carbonyl (C=O) groups excluding carboxylic acids is 2. The molecule has 2 amide bonds. The van der Waals surface area contributed by atoms with Crippen LogP contribution in [-0.4, -0.2) is 132 Å². The minimum atomic E-state index is -4.21. The Labute approximate surface area is 531 Å². The van der Waals surface area contributed by atoms with E-state index in [1.807, 2.05) is 0 Å². The summed E-state index contributed by atoms with van der Waals surface area (Å²) in [6.45, 7) is 16.3. The molecule has 0 spiro atoms. The fourth-order valence-electron chi connectivity index (χ4n) is 8.15. The molecule has 1 radical (unpaired) electrons. The molecule has 5 N–H and O–H groups in total. The third-order valence-corrected chi connectivity index (χ3v) is 14.4. The van der Waals surface area contributed by atoms with Gasteiger partial charge in [0.1, 0.15) is 25.1 Å². The Morgan fingerprint density at radius 2 is 0.911 bits per heavy atom. The SMILES string of the molecule is C.COc1cc(Nc2ncc(F)c(Nc3ccc4c(n3)N(COP(=O)(OC(C)(C)C)OC(C)(C)C)C(=O)C(C)(C)O4)n2)cc(OC)c1OC.COc1cc(Nc2ncc(F)c(Nc3ccc4c(n3)N(COP(C)(=O)O)C(=O)C(C)(C)O4)n2)cc(OC)c1OC.[V]. The van der Waals surface area contributed by atoms with Crippen LogP contribution in [0.3, 0.4) is 0 Å². The Kier molecular flexibility index (Phi) is 23.5. The molecule has 2 aliphatic rings. The third kappa shape index (κ3) is 18.2. The van der Waals surface area contributed by atoms with Crippen LogP contribution in [0.1, 0.15) is 76.7 Å². The van der Waals surface area contributed by atoms with Gasteiger partial charge in [0.25, 0.3) is 11.8 Å². The first-order valence-electron chi connectivity index (χ1n) is 26.5. The molecule has 8 rings (SSSR count). The first-order valence-corrected chi connectivity index (χ1v) is 30.0. The van der Waals surface area contributed by atoms with E-state index in [0.717, 1.165) is 28.9 Å². The average molecular weight is 1340 g/mol. The van der Waals surface area contributed by atoms with Crippen LogP contribution in [0.5, 0.6) is 46.0 Å². The van der Waals surface area contributed by atoms with Crippen molar-refractivity contribution in [1.82, 2.24) is 29.9 Å². The molecular weight excluding hydrogens is 1260 g/mol. The number of amides is 2. The van der Waals surface area contributed by atoms with Gasteiger partial charge in [-0.25, -0.2) is 33.3 Å². The largest absolute Gasteiger partial charge is 0.493 e. The van der Waals surface area contributed by atoms with E-state index in [-0.39, 0.29) is 84.3 Å². The van der Waals surface area contributed by atoms with Crippen molar-refractivity contribution >= 4 is 85.4 Å². The molecule has 1 unspecified atom stereocenters. The zero-order valence-electron chi connectivity index (χ0n) is 51.8. The Morgan fingerprint density at radius 1 is 0.567 bits per heavy atom. The van der Waals surface area contributed by atoms with Crippen LogP contribution in [0.4, 0.5) is 67.0 Å². The number of rotatable bonds is 22. The minimum Gasteiger partial charge on any atom is -0.493 e. The molecule has 0 saturated heterocycles. The second-order valence-corrected chi connectivity index (χ2v) is 25.4. The van der Waals surface area contributed by atoms with Crippen molar-refractivity contribution in [3.8, 4) is 46.0 Å². The zero-order valence-corrected chi connectivity index (χ0v) is 55.0. The van der Waals surface area contributed by atoms with E-state index in [2.05, 4.69) is 51.2 Å². The van der Waals surface area contributed by atoms with Crippen LogP contribution < -0.4 is 69.0 Å². The van der Waals surface area contributed by atoms with Crippen molar-refractivity contribution < 1.29 is 107 Å². The van der Waals surface area contributed by atoms with Gasteiger partial charge in [0.2, 0.25) is 23.4 Å². The zero-order chi connectivity index (χ0) is 64.9. The van der Waals surface area contributed by atoms with Gasteiger partial charge in [-0.05, 0) is 93.5 Å². The quantitative estimate of drug-likeness (QED) is 0.0394. The van der Waals surface area contributed by atoms with Crippen LogP contribution in [-0.2, 0) is 55.4 Å². The molecule has 489 valence electrons. The summed E-state index contributed by atoms with van der Waals surface area (Å²) in [4.78, 5) is 63.6. The number of methoxy groups -OCH3 is 6. The number of benzene rings is 2. The number of fused-ring (bicyclic) bond motifs is 2. The second-order valence-electron chi connectivity index (χ2n) is 22.0. The number of carbonyl (C=O) groups is 2. The second kappa shape index (κ2) is 29.0. The number of hydrogen-bond acceptors (Lipinski definition) is 26. The maximum absolute atomic E-state index is 15.0. The van der Waals surface area contributed by atoms with Gasteiger partial charge in [0, 0.05) is 60.9 Å². The fourth-order valence-corrected chi connectivity index (χ4v) is 10.2. The van der Waals surface area contributed by atoms with Gasteiger partial charge in [-0.1, -0.05) is 7.43 Å². The van der Waals surface area contributed by atoms with Gasteiger partial charge in [-0.3, -0.25) is 42.0 Å². The van der Waals surface area contributed by atoms with Gasteiger partial charge < -0.3 is 64.1 Å². The van der Waals surface area contributed by atoms with Crippen LogP contribution in [0.15, 0.2) is 60.9 Å². The number of aromatic nitrogens is 6. The van der Waals surface area contributed by atoms with Crippen molar-refractivity contribution in [2.45, 2.75) is 99.1 Å². The van der Waals surface area contributed by atoms with Gasteiger partial charge in [0.05, 0.1) is 66.3 Å². The van der Waals surface area contributed by atoms with Crippen molar-refractivity contribution in [1.29, 1.82) is 0 Å². The van der Waals surface area contributed by atoms with Gasteiger partial charge in [-0.2, -0.15) is 9.97 Å². The number of hydrogen-bond donors (Lipinski definition) is 5. The average Bonchev–Trinajstić information content (AvgIpc) is 0.841. The van der Waals surface area contributed by atoms with E-state index in [1.54, 1.807) is 99.6 Å². The maximum atomic E-state index is 15.0. The molecule has 0 bridgehead atoms. The van der Waals surface area contributed by atoms with Crippen molar-refractivity contribution in [2.75, 3.05) is 93.9 Å². The first kappa shape index (κ1) is 72.9. The molecule has 34 heteroatoms. The number of phosphoric ester groups is 1. The Balaban J connectivity index is 0.000000325. The fraction of sp³-hybridized carbons (Fsp3) is 0.429. The number of halogens is 2. The molecule has 0 aliphatic carbocycles. The van der Waals surface area contributed by atoms with Crippen molar-refractivity contribution in [3.63, 3.8) is 0 Å². The van der Waals surface area contributed by atoms with Gasteiger partial charge in [0.15, 0.2) is 80.6 Å². The number of ether oxygens (including phenoxy) is 8. The molecule has 29 nitrogen and oxygen atoms in total. The van der Waals surface area contributed by atoms with E-state index in [0.29, 0.717) is 45.9 Å². The summed E-state index contributed by atoms with van der Waals surface area (Å²) in [5.41, 5.74) is -3.45.